The third-order valence-electron chi connectivity index (χ3n) is 8.03. The standard InChI is InChI=1S/C31H23ClN4O3/c1-2-39-28(37)27-31(30(18-33,19-34)26-15-12-21-10-6-7-11-24(21)36(26)27)23-16-22(32)13-14-25(23)35(29(31)38)17-20-8-4-3-5-9-20/h3-16,26-27H,2,17H2,1H3. The lowest BCUT2D eigenvalue weighted by molar-refractivity contribution is -0.148. The predicted molar refractivity (Wildman–Crippen MR) is 147 cm³/mol. The Bertz CT molecular complexity index is 1610. The third kappa shape index (κ3) is 3.14. The fourth-order valence-corrected chi connectivity index (χ4v) is 6.69. The Hall–Kier alpha value is -4.59. The van der Waals surface area contributed by atoms with Crippen LogP contribution in [0.1, 0.15) is 23.6 Å². The number of hydrogen-bond donors (Lipinski definition) is 0. The fraction of sp³-hybridized carbons (Fsp3) is 0.226. The largest absolute Gasteiger partial charge is 0.464 e. The van der Waals surface area contributed by atoms with Gasteiger partial charge in [-0.05, 0) is 47.9 Å². The van der Waals surface area contributed by atoms with Gasteiger partial charge in [-0.25, -0.2) is 4.79 Å². The summed E-state index contributed by atoms with van der Waals surface area (Å²) in [5.74, 6) is -1.19. The summed E-state index contributed by atoms with van der Waals surface area (Å²) in [7, 11) is 0. The Labute approximate surface area is 231 Å². The molecule has 3 aromatic rings. The van der Waals surface area contributed by atoms with Crippen molar-refractivity contribution in [2.24, 2.45) is 5.41 Å². The van der Waals surface area contributed by atoms with Crippen LogP contribution in [-0.4, -0.2) is 30.6 Å². The molecule has 3 aromatic carbocycles. The highest BCUT2D eigenvalue weighted by molar-refractivity contribution is 6.31. The summed E-state index contributed by atoms with van der Waals surface area (Å²) in [4.78, 5) is 32.2. The van der Waals surface area contributed by atoms with Gasteiger partial charge in [0.15, 0.2) is 5.41 Å². The topological polar surface area (TPSA) is 97.4 Å². The molecule has 3 aliphatic heterocycles. The summed E-state index contributed by atoms with van der Waals surface area (Å²) >= 11 is 6.50. The molecule has 1 saturated heterocycles. The van der Waals surface area contributed by atoms with E-state index in [0.29, 0.717) is 22.0 Å². The second-order valence-electron chi connectivity index (χ2n) is 9.80. The molecule has 3 atom stereocenters. The predicted octanol–water partition coefficient (Wildman–Crippen LogP) is 5.01. The number of para-hydroxylation sites is 1. The number of esters is 1. The summed E-state index contributed by atoms with van der Waals surface area (Å²) in [6, 6.07) is 24.1. The lowest BCUT2D eigenvalue weighted by atomic mass is 9.58. The lowest BCUT2D eigenvalue weighted by Gasteiger charge is -2.36. The van der Waals surface area contributed by atoms with E-state index in [1.807, 2.05) is 60.7 Å². The number of nitriles is 2. The fourth-order valence-electron chi connectivity index (χ4n) is 6.52. The van der Waals surface area contributed by atoms with E-state index in [1.54, 1.807) is 41.0 Å². The number of amides is 1. The summed E-state index contributed by atoms with van der Waals surface area (Å²) in [5, 5.41) is 22.0. The molecule has 0 saturated carbocycles. The molecule has 0 N–H and O–H groups in total. The van der Waals surface area contributed by atoms with Crippen molar-refractivity contribution < 1.29 is 14.3 Å². The maximum atomic E-state index is 14.9. The van der Waals surface area contributed by atoms with E-state index in [0.717, 1.165) is 11.1 Å². The van der Waals surface area contributed by atoms with E-state index in [-0.39, 0.29) is 13.2 Å². The van der Waals surface area contributed by atoms with E-state index in [9.17, 15) is 20.1 Å². The molecule has 7 nitrogen and oxygen atoms in total. The van der Waals surface area contributed by atoms with Gasteiger partial charge in [0, 0.05) is 16.4 Å². The van der Waals surface area contributed by atoms with Gasteiger partial charge in [-0.1, -0.05) is 72.3 Å². The van der Waals surface area contributed by atoms with Crippen LogP contribution in [-0.2, 0) is 26.3 Å². The molecule has 1 amide bonds. The van der Waals surface area contributed by atoms with Gasteiger partial charge in [-0.2, -0.15) is 10.5 Å². The van der Waals surface area contributed by atoms with Crippen molar-refractivity contribution in [3.05, 3.63) is 101 Å². The number of hydrogen-bond acceptors (Lipinski definition) is 6. The molecule has 39 heavy (non-hydrogen) atoms. The first-order valence-corrected chi connectivity index (χ1v) is 13.0. The Morgan fingerprint density at radius 2 is 1.74 bits per heavy atom. The zero-order chi connectivity index (χ0) is 27.4. The van der Waals surface area contributed by atoms with Crippen LogP contribution in [0.15, 0.2) is 78.9 Å². The molecular weight excluding hydrogens is 512 g/mol. The minimum Gasteiger partial charge on any atom is -0.464 e. The SMILES string of the molecule is CCOC(=O)C1N2c3ccccc3C=CC2C(C#N)(C#N)C12C(=O)N(Cc1ccccc1)c1ccc(Cl)cc12. The monoisotopic (exact) mass is 534 g/mol. The van der Waals surface area contributed by atoms with Gasteiger partial charge in [0.05, 0.1) is 31.3 Å². The van der Waals surface area contributed by atoms with Gasteiger partial charge in [0.2, 0.25) is 5.91 Å². The van der Waals surface area contributed by atoms with E-state index in [1.165, 1.54) is 0 Å². The quantitative estimate of drug-likeness (QED) is 0.437. The number of rotatable bonds is 4. The Balaban J connectivity index is 1.69. The number of anilines is 2. The van der Waals surface area contributed by atoms with E-state index >= 15 is 0 Å². The first kappa shape index (κ1) is 24.7. The molecule has 192 valence electrons. The summed E-state index contributed by atoms with van der Waals surface area (Å²) in [5.41, 5.74) is -0.694. The molecule has 3 unspecified atom stereocenters. The molecule has 0 aliphatic carbocycles. The van der Waals surface area contributed by atoms with Crippen molar-refractivity contribution in [1.82, 2.24) is 0 Å². The first-order valence-electron chi connectivity index (χ1n) is 12.6. The maximum absolute atomic E-state index is 14.9. The molecule has 6 rings (SSSR count). The van der Waals surface area contributed by atoms with Crippen LogP contribution in [0, 0.1) is 28.1 Å². The van der Waals surface area contributed by atoms with Crippen LogP contribution in [0.4, 0.5) is 11.4 Å². The number of benzene rings is 3. The minimum absolute atomic E-state index is 0.0673. The van der Waals surface area contributed by atoms with Crippen molar-refractivity contribution >= 4 is 40.9 Å². The molecule has 0 bridgehead atoms. The maximum Gasteiger partial charge on any atom is 0.330 e. The van der Waals surface area contributed by atoms with Crippen LogP contribution in [0.3, 0.4) is 0 Å². The lowest BCUT2D eigenvalue weighted by Crippen LogP contribution is -2.59. The van der Waals surface area contributed by atoms with Gasteiger partial charge >= 0.3 is 5.97 Å². The summed E-state index contributed by atoms with van der Waals surface area (Å²) in [6.07, 6.45) is 3.58. The molecule has 0 aromatic heterocycles. The highest BCUT2D eigenvalue weighted by Crippen LogP contribution is 2.64. The van der Waals surface area contributed by atoms with Crippen molar-refractivity contribution in [3.8, 4) is 12.1 Å². The average molecular weight is 535 g/mol. The van der Waals surface area contributed by atoms with Crippen LogP contribution in [0.25, 0.3) is 6.08 Å². The first-order chi connectivity index (χ1) is 18.9. The molecule has 1 spiro atoms. The Morgan fingerprint density at radius 1 is 1.03 bits per heavy atom. The third-order valence-corrected chi connectivity index (χ3v) is 8.26. The van der Waals surface area contributed by atoms with E-state index in [4.69, 9.17) is 16.3 Å². The second-order valence-corrected chi connectivity index (χ2v) is 10.2. The molecule has 3 heterocycles. The van der Waals surface area contributed by atoms with Crippen molar-refractivity contribution in [3.63, 3.8) is 0 Å². The highest BCUT2D eigenvalue weighted by atomic mass is 35.5. The molecule has 3 aliphatic rings. The smallest absolute Gasteiger partial charge is 0.330 e. The van der Waals surface area contributed by atoms with Crippen LogP contribution in [0.2, 0.25) is 5.02 Å². The minimum atomic E-state index is -1.98. The van der Waals surface area contributed by atoms with E-state index < -0.39 is 34.8 Å². The molecule has 0 radical (unpaired) electrons. The number of fused-ring (bicyclic) bond motifs is 5. The Kier molecular flexibility index (Phi) is 5.71. The van der Waals surface area contributed by atoms with E-state index in [2.05, 4.69) is 12.1 Å². The van der Waals surface area contributed by atoms with Crippen molar-refractivity contribution in [2.45, 2.75) is 31.0 Å². The summed E-state index contributed by atoms with van der Waals surface area (Å²) < 4.78 is 5.58. The van der Waals surface area contributed by atoms with Gasteiger partial charge < -0.3 is 14.5 Å². The number of carbonyl (C=O) groups excluding carboxylic acids is 2. The normalized spacial score (nSPS) is 23.5. The number of nitrogens with zero attached hydrogens (tertiary/aromatic N) is 4. The summed E-state index contributed by atoms with van der Waals surface area (Å²) in [6.45, 7) is 1.94. The van der Waals surface area contributed by atoms with Crippen molar-refractivity contribution in [1.29, 1.82) is 10.5 Å². The Morgan fingerprint density at radius 3 is 2.46 bits per heavy atom. The highest BCUT2D eigenvalue weighted by Gasteiger charge is 2.79. The van der Waals surface area contributed by atoms with Crippen LogP contribution < -0.4 is 9.80 Å². The zero-order valence-corrected chi connectivity index (χ0v) is 21.8. The van der Waals surface area contributed by atoms with Crippen LogP contribution >= 0.6 is 11.6 Å². The number of carbonyl (C=O) groups is 2. The van der Waals surface area contributed by atoms with Crippen molar-refractivity contribution in [2.75, 3.05) is 16.4 Å². The number of halogens is 1. The molecule has 8 heteroatoms. The second kappa shape index (κ2) is 9.01. The number of ether oxygens (including phenoxy) is 1. The molecular formula is C31H23ClN4O3. The average Bonchev–Trinajstić information content (AvgIpc) is 3.36. The van der Waals surface area contributed by atoms with Gasteiger partial charge in [0.1, 0.15) is 11.5 Å². The van der Waals surface area contributed by atoms with Gasteiger partial charge in [-0.3, -0.25) is 4.79 Å². The van der Waals surface area contributed by atoms with Crippen LogP contribution in [0.5, 0.6) is 0 Å². The molecule has 1 fully saturated rings. The zero-order valence-electron chi connectivity index (χ0n) is 21.0. The van der Waals surface area contributed by atoms with Gasteiger partial charge in [0.25, 0.3) is 0 Å². The van der Waals surface area contributed by atoms with Gasteiger partial charge in [-0.15, -0.1) is 0 Å².